The number of carbonyl (C=O) groups is 1. The SMILES string of the molecule is CC1(C(N)=O)CCN(c2ccc(B3OC(C)(C)C(C)(C)O3)c(F)c2)C1. The first-order valence-electron chi connectivity index (χ1n) is 8.65. The Balaban J connectivity index is 1.80. The van der Waals surface area contributed by atoms with Gasteiger partial charge in [-0.05, 0) is 53.2 Å². The first-order valence-corrected chi connectivity index (χ1v) is 8.65. The third kappa shape index (κ3) is 3.04. The summed E-state index contributed by atoms with van der Waals surface area (Å²) in [6.45, 7) is 10.8. The van der Waals surface area contributed by atoms with Crippen LogP contribution in [0.1, 0.15) is 41.0 Å². The number of nitrogens with zero attached hydrogens (tertiary/aromatic N) is 1. The minimum Gasteiger partial charge on any atom is -0.399 e. The molecule has 7 heteroatoms. The Hall–Kier alpha value is -1.60. The van der Waals surface area contributed by atoms with Crippen LogP contribution in [0.15, 0.2) is 18.2 Å². The predicted molar refractivity (Wildman–Crippen MR) is 96.2 cm³/mol. The van der Waals surface area contributed by atoms with E-state index in [1.54, 1.807) is 6.07 Å². The fourth-order valence-electron chi connectivity index (χ4n) is 3.26. The van der Waals surface area contributed by atoms with Gasteiger partial charge in [0.2, 0.25) is 5.91 Å². The molecule has 25 heavy (non-hydrogen) atoms. The third-order valence-electron chi connectivity index (χ3n) is 5.92. The molecule has 2 aliphatic rings. The van der Waals surface area contributed by atoms with Crippen LogP contribution >= 0.6 is 0 Å². The Labute approximate surface area is 148 Å². The number of rotatable bonds is 3. The lowest BCUT2D eigenvalue weighted by Gasteiger charge is -2.32. The van der Waals surface area contributed by atoms with Gasteiger partial charge in [0.25, 0.3) is 0 Å². The zero-order valence-corrected chi connectivity index (χ0v) is 15.6. The van der Waals surface area contributed by atoms with Gasteiger partial charge in [-0.3, -0.25) is 4.79 Å². The van der Waals surface area contributed by atoms with Crippen molar-refractivity contribution in [3.8, 4) is 0 Å². The van der Waals surface area contributed by atoms with Crippen LogP contribution in [0.2, 0.25) is 0 Å². The number of carbonyl (C=O) groups excluding carboxylic acids is 1. The summed E-state index contributed by atoms with van der Waals surface area (Å²) in [5.41, 5.74) is 5.02. The van der Waals surface area contributed by atoms with Gasteiger partial charge < -0.3 is 19.9 Å². The lowest BCUT2D eigenvalue weighted by atomic mass is 9.78. The minimum atomic E-state index is -0.728. The van der Waals surface area contributed by atoms with Crippen molar-refractivity contribution in [1.29, 1.82) is 0 Å². The predicted octanol–water partition coefficient (Wildman–Crippen LogP) is 1.83. The monoisotopic (exact) mass is 348 g/mol. The molecule has 136 valence electrons. The van der Waals surface area contributed by atoms with Crippen molar-refractivity contribution in [3.05, 3.63) is 24.0 Å². The summed E-state index contributed by atoms with van der Waals surface area (Å²) in [4.78, 5) is 13.6. The van der Waals surface area contributed by atoms with Gasteiger partial charge in [-0.1, -0.05) is 6.07 Å². The van der Waals surface area contributed by atoms with E-state index in [0.29, 0.717) is 25.0 Å². The van der Waals surface area contributed by atoms with Crippen LogP contribution in [0, 0.1) is 11.2 Å². The number of halogens is 1. The van der Waals surface area contributed by atoms with Crippen molar-refractivity contribution in [1.82, 2.24) is 0 Å². The molecule has 1 aromatic carbocycles. The second kappa shape index (κ2) is 5.71. The maximum atomic E-state index is 14.7. The van der Waals surface area contributed by atoms with Crippen molar-refractivity contribution < 1.29 is 18.5 Å². The average molecular weight is 348 g/mol. The Morgan fingerprint density at radius 2 is 1.80 bits per heavy atom. The fraction of sp³-hybridized carbons (Fsp3) is 0.611. The smallest absolute Gasteiger partial charge is 0.399 e. The maximum Gasteiger partial charge on any atom is 0.497 e. The van der Waals surface area contributed by atoms with Crippen LogP contribution < -0.4 is 16.1 Å². The molecule has 0 radical (unpaired) electrons. The number of amides is 1. The summed E-state index contributed by atoms with van der Waals surface area (Å²) in [6, 6.07) is 5.02. The molecule has 2 heterocycles. The molecule has 1 unspecified atom stereocenters. The van der Waals surface area contributed by atoms with Crippen LogP contribution in [-0.2, 0) is 14.1 Å². The molecule has 1 aromatic rings. The summed E-state index contributed by atoms with van der Waals surface area (Å²) in [5.74, 6) is -0.687. The van der Waals surface area contributed by atoms with E-state index in [0.717, 1.165) is 5.69 Å². The Morgan fingerprint density at radius 1 is 1.20 bits per heavy atom. The van der Waals surface area contributed by atoms with Gasteiger partial charge in [0.1, 0.15) is 5.82 Å². The van der Waals surface area contributed by atoms with Crippen LogP contribution in [0.4, 0.5) is 10.1 Å². The van der Waals surface area contributed by atoms with Crippen molar-refractivity contribution in [2.75, 3.05) is 18.0 Å². The second-order valence-electron chi connectivity index (χ2n) is 8.39. The molecule has 1 amide bonds. The molecule has 0 saturated carbocycles. The molecular formula is C18H26BFN2O3. The van der Waals surface area contributed by atoms with E-state index in [-0.39, 0.29) is 11.7 Å². The van der Waals surface area contributed by atoms with Gasteiger partial charge >= 0.3 is 7.12 Å². The summed E-state index contributed by atoms with van der Waals surface area (Å²) >= 11 is 0. The largest absolute Gasteiger partial charge is 0.497 e. The molecule has 2 N–H and O–H groups in total. The molecule has 3 rings (SSSR count). The summed E-state index contributed by atoms with van der Waals surface area (Å²) < 4.78 is 26.6. The van der Waals surface area contributed by atoms with Gasteiger partial charge in [0, 0.05) is 24.2 Å². The average Bonchev–Trinajstić information content (AvgIpc) is 2.98. The molecule has 0 spiro atoms. The van der Waals surface area contributed by atoms with Crippen LogP contribution in [0.3, 0.4) is 0 Å². The second-order valence-corrected chi connectivity index (χ2v) is 8.39. The summed E-state index contributed by atoms with van der Waals surface area (Å²) in [6.07, 6.45) is 0.670. The van der Waals surface area contributed by atoms with E-state index < -0.39 is 23.7 Å². The lowest BCUT2D eigenvalue weighted by Crippen LogP contribution is -2.41. The van der Waals surface area contributed by atoms with Crippen molar-refractivity contribution in [2.24, 2.45) is 11.1 Å². The Kier molecular flexibility index (Phi) is 4.16. The number of nitrogens with two attached hydrogens (primary N) is 1. The number of primary amides is 1. The zero-order chi connectivity index (χ0) is 18.6. The molecule has 2 fully saturated rings. The highest BCUT2D eigenvalue weighted by Crippen LogP contribution is 2.37. The molecule has 2 aliphatic heterocycles. The number of hydrogen-bond donors (Lipinski definition) is 1. The van der Waals surface area contributed by atoms with E-state index >= 15 is 0 Å². The molecular weight excluding hydrogens is 322 g/mol. The number of benzene rings is 1. The Bertz CT molecular complexity index is 694. The first kappa shape index (κ1) is 18.2. The van der Waals surface area contributed by atoms with E-state index in [9.17, 15) is 9.18 Å². The summed E-state index contributed by atoms with van der Waals surface area (Å²) in [5, 5.41) is 0. The maximum absolute atomic E-state index is 14.7. The summed E-state index contributed by atoms with van der Waals surface area (Å²) in [7, 11) is -0.728. The van der Waals surface area contributed by atoms with Gasteiger partial charge in [0.15, 0.2) is 0 Å². The standard InChI is InChI=1S/C18H26BFN2O3/c1-16(2)17(3,4)25-19(24-16)13-7-6-12(10-14(13)20)22-9-8-18(5,11-22)15(21)23/h6-7,10H,8-9,11H2,1-5H3,(H2,21,23). The first-order chi connectivity index (χ1) is 11.5. The Morgan fingerprint density at radius 3 is 2.28 bits per heavy atom. The lowest BCUT2D eigenvalue weighted by molar-refractivity contribution is -0.125. The minimum absolute atomic E-state index is 0.315. The van der Waals surface area contributed by atoms with E-state index in [1.807, 2.05) is 45.6 Å². The van der Waals surface area contributed by atoms with E-state index in [2.05, 4.69) is 0 Å². The highest BCUT2D eigenvalue weighted by atomic mass is 19.1. The molecule has 1 atom stereocenters. The highest BCUT2D eigenvalue weighted by molar-refractivity contribution is 6.62. The normalized spacial score (nSPS) is 27.8. The fourth-order valence-corrected chi connectivity index (χ4v) is 3.26. The van der Waals surface area contributed by atoms with Crippen molar-refractivity contribution in [3.63, 3.8) is 0 Å². The topological polar surface area (TPSA) is 64.8 Å². The van der Waals surface area contributed by atoms with Crippen molar-refractivity contribution in [2.45, 2.75) is 52.2 Å². The number of hydrogen-bond acceptors (Lipinski definition) is 4. The molecule has 5 nitrogen and oxygen atoms in total. The van der Waals surface area contributed by atoms with E-state index in [1.165, 1.54) is 6.07 Å². The zero-order valence-electron chi connectivity index (χ0n) is 15.6. The van der Waals surface area contributed by atoms with Gasteiger partial charge in [-0.15, -0.1) is 0 Å². The van der Waals surface area contributed by atoms with E-state index in [4.69, 9.17) is 15.0 Å². The van der Waals surface area contributed by atoms with Crippen molar-refractivity contribution >= 4 is 24.2 Å². The van der Waals surface area contributed by atoms with Crippen LogP contribution in [0.25, 0.3) is 0 Å². The molecule has 2 saturated heterocycles. The van der Waals surface area contributed by atoms with Gasteiger partial charge in [-0.25, -0.2) is 4.39 Å². The molecule has 0 aliphatic carbocycles. The van der Waals surface area contributed by atoms with Crippen LogP contribution in [-0.4, -0.2) is 37.3 Å². The van der Waals surface area contributed by atoms with Gasteiger partial charge in [0.05, 0.1) is 16.6 Å². The number of anilines is 1. The van der Waals surface area contributed by atoms with Crippen LogP contribution in [0.5, 0.6) is 0 Å². The molecule has 0 aromatic heterocycles. The third-order valence-corrected chi connectivity index (χ3v) is 5.92. The highest BCUT2D eigenvalue weighted by Gasteiger charge is 2.52. The van der Waals surface area contributed by atoms with Gasteiger partial charge in [-0.2, -0.15) is 0 Å². The quantitative estimate of drug-likeness (QED) is 0.847. The molecule has 0 bridgehead atoms.